The molecule has 2 aliphatic carbocycles. The van der Waals surface area contributed by atoms with Crippen molar-refractivity contribution in [2.75, 3.05) is 0 Å². The van der Waals surface area contributed by atoms with Crippen molar-refractivity contribution in [1.29, 1.82) is 0 Å². The van der Waals surface area contributed by atoms with Gasteiger partial charge in [-0.25, -0.2) is 0 Å². The van der Waals surface area contributed by atoms with Crippen molar-refractivity contribution in [2.45, 2.75) is 27.2 Å². The highest BCUT2D eigenvalue weighted by Crippen LogP contribution is 2.61. The van der Waals surface area contributed by atoms with E-state index in [1.807, 2.05) is 0 Å². The fourth-order valence-corrected chi connectivity index (χ4v) is 2.84. The molecule has 0 aromatic heterocycles. The van der Waals surface area contributed by atoms with Crippen molar-refractivity contribution >= 4 is 0 Å². The Morgan fingerprint density at radius 1 is 1.00 bits per heavy atom. The molecule has 5 atom stereocenters. The van der Waals surface area contributed by atoms with E-state index >= 15 is 0 Å². The summed E-state index contributed by atoms with van der Waals surface area (Å²) >= 11 is 0. The predicted octanol–water partition coefficient (Wildman–Crippen LogP) is 2.54. The Kier molecular flexibility index (Phi) is 0.980. The summed E-state index contributed by atoms with van der Waals surface area (Å²) in [6.07, 6.45) is 1.52. The van der Waals surface area contributed by atoms with Crippen LogP contribution in [0.4, 0.5) is 0 Å². The summed E-state index contributed by atoms with van der Waals surface area (Å²) in [5.41, 5.74) is 0. The normalized spacial score (nSPS) is 63.7. The van der Waals surface area contributed by atoms with Gasteiger partial charge in [-0.05, 0) is 36.0 Å². The fraction of sp³-hybridized carbons (Fsp3) is 1.00. The van der Waals surface area contributed by atoms with Gasteiger partial charge < -0.3 is 0 Å². The Bertz CT molecular complexity index is 128. The van der Waals surface area contributed by atoms with E-state index in [1.54, 1.807) is 0 Å². The maximum Gasteiger partial charge on any atom is -0.0326 e. The molecule has 0 amide bonds. The average molecular weight is 124 g/mol. The van der Waals surface area contributed by atoms with E-state index in [9.17, 15) is 0 Å². The first-order valence-electron chi connectivity index (χ1n) is 4.22. The van der Waals surface area contributed by atoms with Gasteiger partial charge in [0.1, 0.15) is 0 Å². The SMILES string of the molecule is CC1CC2C(C)C2C1C. The lowest BCUT2D eigenvalue weighted by Crippen LogP contribution is -2.05. The summed E-state index contributed by atoms with van der Waals surface area (Å²) in [7, 11) is 0. The monoisotopic (exact) mass is 124 g/mol. The molecule has 52 valence electrons. The first kappa shape index (κ1) is 5.76. The number of rotatable bonds is 0. The molecule has 2 fully saturated rings. The molecule has 0 radical (unpaired) electrons. The smallest absolute Gasteiger partial charge is 0.0326 e. The molecule has 0 saturated heterocycles. The molecule has 2 aliphatic rings. The molecule has 0 aromatic rings. The first-order chi connectivity index (χ1) is 4.22. The Hall–Kier alpha value is 0. The number of fused-ring (bicyclic) bond motifs is 1. The molecular formula is C9H16. The molecule has 2 saturated carbocycles. The Balaban J connectivity index is 2.07. The van der Waals surface area contributed by atoms with Gasteiger partial charge in [0, 0.05) is 0 Å². The van der Waals surface area contributed by atoms with Crippen LogP contribution in [0.15, 0.2) is 0 Å². The van der Waals surface area contributed by atoms with Crippen LogP contribution in [0.1, 0.15) is 27.2 Å². The zero-order valence-electron chi connectivity index (χ0n) is 6.59. The highest BCUT2D eigenvalue weighted by Gasteiger charge is 2.55. The maximum absolute atomic E-state index is 2.43. The maximum atomic E-state index is 2.43. The second kappa shape index (κ2) is 1.53. The van der Waals surface area contributed by atoms with Gasteiger partial charge in [0.25, 0.3) is 0 Å². The van der Waals surface area contributed by atoms with Gasteiger partial charge in [0.15, 0.2) is 0 Å². The molecule has 0 nitrogen and oxygen atoms in total. The Labute approximate surface area is 57.6 Å². The summed E-state index contributed by atoms with van der Waals surface area (Å²) in [6, 6.07) is 0. The van der Waals surface area contributed by atoms with Crippen molar-refractivity contribution < 1.29 is 0 Å². The lowest BCUT2D eigenvalue weighted by Gasteiger charge is -2.13. The molecule has 5 unspecified atom stereocenters. The van der Waals surface area contributed by atoms with E-state index in [0.29, 0.717) is 0 Å². The summed E-state index contributed by atoms with van der Waals surface area (Å²) in [6.45, 7) is 7.25. The van der Waals surface area contributed by atoms with Crippen LogP contribution < -0.4 is 0 Å². The van der Waals surface area contributed by atoms with Gasteiger partial charge in [-0.15, -0.1) is 0 Å². The van der Waals surface area contributed by atoms with Crippen molar-refractivity contribution in [1.82, 2.24) is 0 Å². The van der Waals surface area contributed by atoms with Crippen LogP contribution in [-0.2, 0) is 0 Å². The van der Waals surface area contributed by atoms with Crippen LogP contribution in [0.5, 0.6) is 0 Å². The van der Waals surface area contributed by atoms with Crippen molar-refractivity contribution in [3.63, 3.8) is 0 Å². The van der Waals surface area contributed by atoms with Crippen LogP contribution in [-0.4, -0.2) is 0 Å². The zero-order chi connectivity index (χ0) is 6.59. The molecule has 9 heavy (non-hydrogen) atoms. The molecule has 0 spiro atoms. The number of hydrogen-bond acceptors (Lipinski definition) is 0. The fourth-order valence-electron chi connectivity index (χ4n) is 2.84. The van der Waals surface area contributed by atoms with Gasteiger partial charge in [-0.3, -0.25) is 0 Å². The minimum atomic E-state index is 1.02. The Morgan fingerprint density at radius 2 is 1.67 bits per heavy atom. The van der Waals surface area contributed by atoms with Gasteiger partial charge in [-0.2, -0.15) is 0 Å². The van der Waals surface area contributed by atoms with Gasteiger partial charge >= 0.3 is 0 Å². The van der Waals surface area contributed by atoms with Crippen LogP contribution >= 0.6 is 0 Å². The van der Waals surface area contributed by atoms with E-state index in [-0.39, 0.29) is 0 Å². The van der Waals surface area contributed by atoms with Crippen molar-refractivity contribution in [3.05, 3.63) is 0 Å². The summed E-state index contributed by atoms with van der Waals surface area (Å²) < 4.78 is 0. The Morgan fingerprint density at radius 3 is 2.00 bits per heavy atom. The third kappa shape index (κ3) is 0.595. The molecule has 0 N–H and O–H groups in total. The van der Waals surface area contributed by atoms with E-state index in [4.69, 9.17) is 0 Å². The van der Waals surface area contributed by atoms with E-state index in [2.05, 4.69) is 20.8 Å². The number of hydrogen-bond donors (Lipinski definition) is 0. The molecule has 2 rings (SSSR count). The molecule has 0 aliphatic heterocycles. The lowest BCUT2D eigenvalue weighted by atomic mass is 9.92. The minimum absolute atomic E-state index is 1.02. The standard InChI is InChI=1S/C9H16/c1-5-4-8-7(3)9(8)6(5)2/h5-9H,4H2,1-3H3. The highest BCUT2D eigenvalue weighted by molar-refractivity contribution is 5.04. The largest absolute Gasteiger partial charge is 0.0622 e. The van der Waals surface area contributed by atoms with Crippen LogP contribution in [0.3, 0.4) is 0 Å². The van der Waals surface area contributed by atoms with E-state index in [1.165, 1.54) is 6.42 Å². The third-order valence-corrected chi connectivity index (χ3v) is 3.78. The van der Waals surface area contributed by atoms with Gasteiger partial charge in [0.05, 0.1) is 0 Å². The van der Waals surface area contributed by atoms with Gasteiger partial charge in [0.2, 0.25) is 0 Å². The zero-order valence-corrected chi connectivity index (χ0v) is 6.59. The van der Waals surface area contributed by atoms with Crippen molar-refractivity contribution in [2.24, 2.45) is 29.6 Å². The van der Waals surface area contributed by atoms with E-state index < -0.39 is 0 Å². The molecule has 0 heterocycles. The average Bonchev–Trinajstić information content (AvgIpc) is 2.29. The third-order valence-electron chi connectivity index (χ3n) is 3.78. The van der Waals surface area contributed by atoms with E-state index in [0.717, 1.165) is 29.6 Å². The molecule has 0 bridgehead atoms. The minimum Gasteiger partial charge on any atom is -0.0622 e. The van der Waals surface area contributed by atoms with Crippen LogP contribution in [0.25, 0.3) is 0 Å². The molecule has 0 heteroatoms. The van der Waals surface area contributed by atoms with Crippen molar-refractivity contribution in [3.8, 4) is 0 Å². The predicted molar refractivity (Wildman–Crippen MR) is 39.1 cm³/mol. The summed E-state index contributed by atoms with van der Waals surface area (Å²) in [4.78, 5) is 0. The topological polar surface area (TPSA) is 0 Å². The molecular weight excluding hydrogens is 108 g/mol. The quantitative estimate of drug-likeness (QED) is 0.465. The second-order valence-electron chi connectivity index (χ2n) is 4.17. The lowest BCUT2D eigenvalue weighted by molar-refractivity contribution is 0.363. The highest BCUT2D eigenvalue weighted by atomic mass is 14.6. The first-order valence-corrected chi connectivity index (χ1v) is 4.22. The second-order valence-corrected chi connectivity index (χ2v) is 4.17. The van der Waals surface area contributed by atoms with Crippen LogP contribution in [0, 0.1) is 29.6 Å². The van der Waals surface area contributed by atoms with Gasteiger partial charge in [-0.1, -0.05) is 20.8 Å². The summed E-state index contributed by atoms with van der Waals surface area (Å²) in [5.74, 6) is 5.40. The summed E-state index contributed by atoms with van der Waals surface area (Å²) in [5, 5.41) is 0. The van der Waals surface area contributed by atoms with Crippen LogP contribution in [0.2, 0.25) is 0 Å². The molecule has 0 aromatic carbocycles.